The van der Waals surface area contributed by atoms with Crippen molar-refractivity contribution < 1.29 is 8.42 Å². The van der Waals surface area contributed by atoms with Crippen molar-refractivity contribution in [1.29, 1.82) is 0 Å². The summed E-state index contributed by atoms with van der Waals surface area (Å²) < 4.78 is 27.7. The fourth-order valence-electron chi connectivity index (χ4n) is 2.23. The number of hydrogen-bond acceptors (Lipinski definition) is 3. The van der Waals surface area contributed by atoms with E-state index in [0.717, 1.165) is 43.7 Å². The molecule has 0 saturated heterocycles. The molecule has 1 aromatic rings. The maximum Gasteiger partial charge on any atom is 0.261 e. The number of fused-ring (bicyclic) bond motifs is 1. The van der Waals surface area contributed by atoms with E-state index in [-0.39, 0.29) is 5.03 Å². The zero-order chi connectivity index (χ0) is 12.6. The van der Waals surface area contributed by atoms with Crippen LogP contribution in [0.3, 0.4) is 0 Å². The van der Waals surface area contributed by atoms with Crippen molar-refractivity contribution in [2.75, 3.05) is 14.1 Å². The summed E-state index contributed by atoms with van der Waals surface area (Å²) in [5.74, 6) is 0.889. The zero-order valence-corrected chi connectivity index (χ0v) is 11.4. The molecular weight excluding hydrogens is 238 g/mol. The first-order valence-corrected chi connectivity index (χ1v) is 7.43. The molecule has 0 aliphatic carbocycles. The maximum atomic E-state index is 12.2. The minimum Gasteiger partial charge on any atom is -0.331 e. The molecule has 5 nitrogen and oxygen atoms in total. The van der Waals surface area contributed by atoms with Crippen LogP contribution in [-0.2, 0) is 29.4 Å². The third-order valence-electron chi connectivity index (χ3n) is 3.20. The first-order chi connectivity index (χ1) is 7.98. The van der Waals surface area contributed by atoms with Crippen molar-refractivity contribution in [2.24, 2.45) is 0 Å². The van der Waals surface area contributed by atoms with E-state index in [1.54, 1.807) is 14.1 Å². The van der Waals surface area contributed by atoms with Gasteiger partial charge in [-0.15, -0.1) is 0 Å². The summed E-state index contributed by atoms with van der Waals surface area (Å²) in [7, 11) is -0.304. The van der Waals surface area contributed by atoms with E-state index in [0.29, 0.717) is 0 Å². The highest BCUT2D eigenvalue weighted by Gasteiger charge is 2.29. The molecule has 0 fully saturated rings. The van der Waals surface area contributed by atoms with E-state index in [1.807, 2.05) is 6.92 Å². The van der Waals surface area contributed by atoms with Gasteiger partial charge in [0.1, 0.15) is 5.82 Å². The van der Waals surface area contributed by atoms with Gasteiger partial charge in [0.15, 0.2) is 5.03 Å². The van der Waals surface area contributed by atoms with E-state index in [9.17, 15) is 8.42 Å². The maximum absolute atomic E-state index is 12.2. The van der Waals surface area contributed by atoms with E-state index in [1.165, 1.54) is 4.31 Å². The molecular formula is C11H19N3O2S. The Bertz CT molecular complexity index is 517. The molecule has 0 unspecified atom stereocenters. The summed E-state index contributed by atoms with van der Waals surface area (Å²) in [6.07, 6.45) is 3.74. The van der Waals surface area contributed by atoms with Crippen LogP contribution in [0.4, 0.5) is 0 Å². The molecule has 6 heteroatoms. The van der Waals surface area contributed by atoms with Crippen molar-refractivity contribution in [3.05, 3.63) is 11.5 Å². The third-order valence-corrected chi connectivity index (χ3v) is 4.98. The van der Waals surface area contributed by atoms with Crippen LogP contribution in [0.25, 0.3) is 0 Å². The number of aryl methyl sites for hydroxylation is 1. The van der Waals surface area contributed by atoms with Crippen LogP contribution in [0, 0.1) is 0 Å². The molecule has 0 spiro atoms. The number of hydrogen-bond donors (Lipinski definition) is 0. The van der Waals surface area contributed by atoms with E-state index in [4.69, 9.17) is 0 Å². The highest BCUT2D eigenvalue weighted by Crippen LogP contribution is 2.25. The van der Waals surface area contributed by atoms with Gasteiger partial charge in [-0.1, -0.05) is 6.92 Å². The molecule has 17 heavy (non-hydrogen) atoms. The predicted octanol–water partition coefficient (Wildman–Crippen LogP) is 1.03. The van der Waals surface area contributed by atoms with E-state index >= 15 is 0 Å². The van der Waals surface area contributed by atoms with Gasteiger partial charge in [0, 0.05) is 27.1 Å². The summed E-state index contributed by atoms with van der Waals surface area (Å²) >= 11 is 0. The summed E-state index contributed by atoms with van der Waals surface area (Å²) in [4.78, 5) is 4.34. The van der Waals surface area contributed by atoms with Crippen molar-refractivity contribution in [2.45, 2.75) is 44.2 Å². The van der Waals surface area contributed by atoms with Crippen LogP contribution in [0.1, 0.15) is 31.3 Å². The Hall–Kier alpha value is -0.880. The van der Waals surface area contributed by atoms with E-state index in [2.05, 4.69) is 9.55 Å². The summed E-state index contributed by atoms with van der Waals surface area (Å²) in [5.41, 5.74) is 0.891. The Balaban J connectivity index is 2.60. The Labute approximate surface area is 103 Å². The monoisotopic (exact) mass is 257 g/mol. The Morgan fingerprint density at radius 3 is 2.65 bits per heavy atom. The highest BCUT2D eigenvalue weighted by molar-refractivity contribution is 7.89. The molecule has 0 bridgehead atoms. The van der Waals surface area contributed by atoms with Crippen LogP contribution in [0.2, 0.25) is 0 Å². The number of rotatable bonds is 3. The van der Waals surface area contributed by atoms with Crippen molar-refractivity contribution in [3.63, 3.8) is 0 Å². The second-order valence-electron chi connectivity index (χ2n) is 4.53. The molecule has 1 aliphatic rings. The molecule has 2 heterocycles. The lowest BCUT2D eigenvalue weighted by Gasteiger charge is -2.17. The van der Waals surface area contributed by atoms with Gasteiger partial charge in [-0.2, -0.15) is 0 Å². The molecule has 96 valence electrons. The first kappa shape index (κ1) is 12.6. The fourth-order valence-corrected chi connectivity index (χ4v) is 3.31. The van der Waals surface area contributed by atoms with Gasteiger partial charge in [0.25, 0.3) is 10.0 Å². The smallest absolute Gasteiger partial charge is 0.261 e. The van der Waals surface area contributed by atoms with Gasteiger partial charge in [0.2, 0.25) is 0 Å². The Kier molecular flexibility index (Phi) is 3.27. The van der Waals surface area contributed by atoms with Crippen LogP contribution in [0.5, 0.6) is 0 Å². The number of nitrogens with zero attached hydrogens (tertiary/aromatic N) is 3. The standard InChI is InChI=1S/C11H19N3O2S/c1-4-10-12-11(17(15,16)13(2)3)9-7-5-6-8-14(9)10/h4-8H2,1-3H3. The first-order valence-electron chi connectivity index (χ1n) is 5.99. The van der Waals surface area contributed by atoms with Crippen molar-refractivity contribution in [3.8, 4) is 0 Å². The lowest BCUT2D eigenvalue weighted by atomic mass is 10.1. The summed E-state index contributed by atoms with van der Waals surface area (Å²) in [6, 6.07) is 0. The van der Waals surface area contributed by atoms with Gasteiger partial charge in [0.05, 0.1) is 5.69 Å². The number of aromatic nitrogens is 2. The normalized spacial score (nSPS) is 16.2. The average molecular weight is 257 g/mol. The lowest BCUT2D eigenvalue weighted by molar-refractivity contribution is 0.499. The zero-order valence-electron chi connectivity index (χ0n) is 10.6. The van der Waals surface area contributed by atoms with Gasteiger partial charge in [-0.3, -0.25) is 0 Å². The van der Waals surface area contributed by atoms with Crippen molar-refractivity contribution >= 4 is 10.0 Å². The second kappa shape index (κ2) is 4.42. The molecule has 0 amide bonds. The highest BCUT2D eigenvalue weighted by atomic mass is 32.2. The summed E-state index contributed by atoms with van der Waals surface area (Å²) in [5, 5.41) is 0.263. The molecule has 1 aromatic heterocycles. The van der Waals surface area contributed by atoms with Crippen LogP contribution < -0.4 is 0 Å². The third kappa shape index (κ3) is 1.99. The summed E-state index contributed by atoms with van der Waals surface area (Å²) in [6.45, 7) is 2.91. The largest absolute Gasteiger partial charge is 0.331 e. The number of imidazole rings is 1. The quantitative estimate of drug-likeness (QED) is 0.812. The average Bonchev–Trinajstić information content (AvgIpc) is 2.68. The van der Waals surface area contributed by atoms with Crippen molar-refractivity contribution in [1.82, 2.24) is 13.9 Å². The predicted molar refractivity (Wildman–Crippen MR) is 65.4 cm³/mol. The molecule has 0 N–H and O–H groups in total. The lowest BCUT2D eigenvalue weighted by Crippen LogP contribution is -2.24. The molecule has 2 rings (SSSR count). The van der Waals surface area contributed by atoms with E-state index < -0.39 is 10.0 Å². The van der Waals surface area contributed by atoms with Gasteiger partial charge >= 0.3 is 0 Å². The molecule has 0 atom stereocenters. The number of sulfonamides is 1. The van der Waals surface area contributed by atoms with Gasteiger partial charge in [-0.25, -0.2) is 17.7 Å². The minimum atomic E-state index is -3.41. The van der Waals surface area contributed by atoms with Crippen LogP contribution in [0.15, 0.2) is 5.03 Å². The Morgan fingerprint density at radius 1 is 1.35 bits per heavy atom. The molecule has 0 aromatic carbocycles. The van der Waals surface area contributed by atoms with Crippen LogP contribution >= 0.6 is 0 Å². The van der Waals surface area contributed by atoms with Crippen LogP contribution in [-0.4, -0.2) is 36.4 Å². The molecule has 1 aliphatic heterocycles. The molecule has 0 radical (unpaired) electrons. The van der Waals surface area contributed by atoms with Gasteiger partial charge in [-0.05, 0) is 19.3 Å². The Morgan fingerprint density at radius 2 is 2.06 bits per heavy atom. The fraction of sp³-hybridized carbons (Fsp3) is 0.727. The molecule has 0 saturated carbocycles. The van der Waals surface area contributed by atoms with Gasteiger partial charge < -0.3 is 4.57 Å². The minimum absolute atomic E-state index is 0.263. The topological polar surface area (TPSA) is 55.2 Å². The SMILES string of the molecule is CCc1nc(S(=O)(=O)N(C)C)c2n1CCCC2. The second-order valence-corrected chi connectivity index (χ2v) is 6.60.